The topological polar surface area (TPSA) is 124 Å². The van der Waals surface area contributed by atoms with Gasteiger partial charge >= 0.3 is 12.2 Å². The Bertz CT molecular complexity index is 2070. The highest BCUT2D eigenvalue weighted by Crippen LogP contribution is 2.31. The number of nitrogens with one attached hydrogen (secondary N) is 3. The molecule has 0 saturated carbocycles. The van der Waals surface area contributed by atoms with Crippen LogP contribution in [-0.4, -0.2) is 32.0 Å². The molecule has 1 aliphatic rings. The number of benzene rings is 4. The third-order valence-corrected chi connectivity index (χ3v) is 9.80. The van der Waals surface area contributed by atoms with Gasteiger partial charge in [0, 0.05) is 18.8 Å². The summed E-state index contributed by atoms with van der Waals surface area (Å²) in [6.07, 6.45) is -0.431. The summed E-state index contributed by atoms with van der Waals surface area (Å²) in [5.41, 5.74) is 2.91. The number of anilines is 1. The van der Waals surface area contributed by atoms with Crippen molar-refractivity contribution in [1.82, 2.24) is 20.2 Å². The number of aryl methyl sites for hydroxylation is 1. The zero-order valence-corrected chi connectivity index (χ0v) is 29.9. The maximum atomic E-state index is 12.9. The molecule has 4 amide bonds. The molecule has 3 N–H and O–H groups in total. The van der Waals surface area contributed by atoms with Crippen LogP contribution in [0.25, 0.3) is 11.0 Å². The number of fused-ring (bicyclic) bond motifs is 1. The van der Waals surface area contributed by atoms with E-state index in [0.717, 1.165) is 65.3 Å². The van der Waals surface area contributed by atoms with Crippen molar-refractivity contribution in [3.05, 3.63) is 114 Å². The van der Waals surface area contributed by atoms with E-state index in [1.165, 1.54) is 12.1 Å². The first kappa shape index (κ1) is 37.3. The van der Waals surface area contributed by atoms with Crippen LogP contribution < -0.4 is 25.4 Å². The molecule has 0 spiro atoms. The summed E-state index contributed by atoms with van der Waals surface area (Å²) in [6, 6.07) is 24.0. The van der Waals surface area contributed by atoms with E-state index in [1.54, 1.807) is 0 Å². The van der Waals surface area contributed by atoms with Crippen LogP contribution in [0.3, 0.4) is 0 Å². The van der Waals surface area contributed by atoms with Gasteiger partial charge in [0.1, 0.15) is 29.7 Å². The molecule has 5 aromatic rings. The third-order valence-electron chi connectivity index (χ3n) is 8.81. The Labute approximate surface area is 308 Å². The molecule has 10 nitrogen and oxygen atoms in total. The number of hydrogen-bond donors (Lipinski definition) is 3. The number of aromatic nitrogens is 2. The van der Waals surface area contributed by atoms with Crippen LogP contribution in [0.1, 0.15) is 61.2 Å². The predicted octanol–water partition coefficient (Wildman–Crippen LogP) is 9.30. The highest BCUT2D eigenvalue weighted by molar-refractivity contribution is 8.15. The number of amides is 4. The quantitative estimate of drug-likeness (QED) is 0.0969. The van der Waals surface area contributed by atoms with Crippen molar-refractivity contribution in [3.8, 4) is 17.2 Å². The van der Waals surface area contributed by atoms with Gasteiger partial charge in [-0.2, -0.15) is 13.2 Å². The van der Waals surface area contributed by atoms with Gasteiger partial charge in [-0.15, -0.1) is 0 Å². The molecule has 1 fully saturated rings. The third kappa shape index (κ3) is 9.69. The summed E-state index contributed by atoms with van der Waals surface area (Å²) in [5.74, 6) is 2.31. The first-order valence-electron chi connectivity index (χ1n) is 17.2. The summed E-state index contributed by atoms with van der Waals surface area (Å²) in [7, 11) is 1.90. The van der Waals surface area contributed by atoms with Gasteiger partial charge in [0.15, 0.2) is 0 Å². The average Bonchev–Trinajstić information content (AvgIpc) is 3.62. The number of thioether (sulfide) groups is 1. The Morgan fingerprint density at radius 2 is 1.64 bits per heavy atom. The second-order valence-electron chi connectivity index (χ2n) is 12.7. The number of imide groups is 1. The Morgan fingerprint density at radius 3 is 2.30 bits per heavy atom. The maximum Gasteiger partial charge on any atom is 0.416 e. The number of hydrogen-bond acceptors (Lipinski definition) is 7. The number of ether oxygens (including phenoxy) is 2. The second kappa shape index (κ2) is 16.4. The normalized spacial score (nSPS) is 14.9. The van der Waals surface area contributed by atoms with Crippen molar-refractivity contribution < 1.29 is 37.0 Å². The SMILES string of the molecule is CCCCCC(NC(=O)Nc1ccc(C(F)(F)F)cc1)c1ccc(Oc2ccc3nc(COc4ccc(CC5SC(=O)NC5=O)cc4)n(C)c3c2)cc1. The van der Waals surface area contributed by atoms with Crippen molar-refractivity contribution in [2.75, 3.05) is 5.32 Å². The van der Waals surface area contributed by atoms with Crippen LogP contribution >= 0.6 is 11.8 Å². The largest absolute Gasteiger partial charge is 0.486 e. The number of halogens is 3. The molecular formula is C39H38F3N5O5S. The Hall–Kier alpha value is -5.50. The molecular weight excluding hydrogens is 708 g/mol. The molecule has 53 heavy (non-hydrogen) atoms. The van der Waals surface area contributed by atoms with Crippen molar-refractivity contribution in [3.63, 3.8) is 0 Å². The average molecular weight is 746 g/mol. The van der Waals surface area contributed by atoms with E-state index >= 15 is 0 Å². The number of carbonyl (C=O) groups excluding carboxylic acids is 3. The van der Waals surface area contributed by atoms with Gasteiger partial charge in [-0.3, -0.25) is 14.9 Å². The second-order valence-corrected chi connectivity index (χ2v) is 13.8. The summed E-state index contributed by atoms with van der Waals surface area (Å²) in [4.78, 5) is 40.9. The summed E-state index contributed by atoms with van der Waals surface area (Å²) >= 11 is 1.00. The molecule has 1 aromatic heterocycles. The molecule has 6 rings (SSSR count). The Kier molecular flexibility index (Phi) is 11.6. The number of alkyl halides is 3. The highest BCUT2D eigenvalue weighted by Gasteiger charge is 2.32. The number of unbranched alkanes of at least 4 members (excludes halogenated alkanes) is 2. The van der Waals surface area contributed by atoms with Crippen molar-refractivity contribution >= 4 is 45.7 Å². The predicted molar refractivity (Wildman–Crippen MR) is 197 cm³/mol. The molecule has 2 heterocycles. The fraction of sp³-hybridized carbons (Fsp3) is 0.282. The van der Waals surface area contributed by atoms with E-state index in [0.29, 0.717) is 35.9 Å². The number of rotatable bonds is 14. The maximum absolute atomic E-state index is 12.9. The van der Waals surface area contributed by atoms with E-state index in [9.17, 15) is 27.6 Å². The Morgan fingerprint density at radius 1 is 0.943 bits per heavy atom. The van der Waals surface area contributed by atoms with Gasteiger partial charge in [-0.05, 0) is 84.6 Å². The fourth-order valence-electron chi connectivity index (χ4n) is 5.92. The lowest BCUT2D eigenvalue weighted by Crippen LogP contribution is -2.32. The van der Waals surface area contributed by atoms with E-state index in [2.05, 4.69) is 22.9 Å². The fourth-order valence-corrected chi connectivity index (χ4v) is 6.78. The van der Waals surface area contributed by atoms with Gasteiger partial charge < -0.3 is 24.7 Å². The molecule has 0 radical (unpaired) electrons. The van der Waals surface area contributed by atoms with Gasteiger partial charge in [-0.1, -0.05) is 62.2 Å². The first-order valence-corrected chi connectivity index (χ1v) is 18.0. The summed E-state index contributed by atoms with van der Waals surface area (Å²) in [5, 5.41) is 7.16. The first-order chi connectivity index (χ1) is 25.4. The van der Waals surface area contributed by atoms with E-state index in [1.807, 2.05) is 78.3 Å². The van der Waals surface area contributed by atoms with Crippen molar-refractivity contribution in [1.29, 1.82) is 0 Å². The number of imidazole rings is 1. The van der Waals surface area contributed by atoms with Crippen LogP contribution in [0.15, 0.2) is 91.0 Å². The summed E-state index contributed by atoms with van der Waals surface area (Å²) in [6.45, 7) is 2.32. The minimum absolute atomic E-state index is 0.230. The van der Waals surface area contributed by atoms with Crippen molar-refractivity contribution in [2.24, 2.45) is 7.05 Å². The number of nitrogens with zero attached hydrogens (tertiary/aromatic N) is 2. The zero-order valence-electron chi connectivity index (χ0n) is 29.0. The van der Waals surface area contributed by atoms with Gasteiger partial charge in [-0.25, -0.2) is 9.78 Å². The molecule has 1 saturated heterocycles. The highest BCUT2D eigenvalue weighted by atomic mass is 32.2. The van der Waals surface area contributed by atoms with Crippen LogP contribution in [0.5, 0.6) is 17.2 Å². The van der Waals surface area contributed by atoms with Crippen LogP contribution in [0, 0.1) is 0 Å². The molecule has 2 atom stereocenters. The van der Waals surface area contributed by atoms with Gasteiger partial charge in [0.25, 0.3) is 5.24 Å². The number of carbonyl (C=O) groups is 3. The summed E-state index contributed by atoms with van der Waals surface area (Å²) < 4.78 is 52.9. The van der Waals surface area contributed by atoms with Crippen LogP contribution in [0.4, 0.5) is 28.4 Å². The molecule has 14 heteroatoms. The minimum Gasteiger partial charge on any atom is -0.486 e. The van der Waals surface area contributed by atoms with Crippen LogP contribution in [-0.2, 0) is 31.0 Å². The zero-order chi connectivity index (χ0) is 37.5. The molecule has 4 aromatic carbocycles. The lowest BCUT2D eigenvalue weighted by Gasteiger charge is -2.20. The molecule has 1 aliphatic heterocycles. The lowest BCUT2D eigenvalue weighted by atomic mass is 10.0. The van der Waals surface area contributed by atoms with Gasteiger partial charge in [0.05, 0.1) is 27.9 Å². The van der Waals surface area contributed by atoms with Crippen LogP contribution in [0.2, 0.25) is 0 Å². The monoisotopic (exact) mass is 745 g/mol. The van der Waals surface area contributed by atoms with Crippen molar-refractivity contribution in [2.45, 2.75) is 63.1 Å². The minimum atomic E-state index is -4.45. The molecule has 276 valence electrons. The smallest absolute Gasteiger partial charge is 0.416 e. The van der Waals surface area contributed by atoms with Gasteiger partial charge in [0.2, 0.25) is 5.91 Å². The molecule has 0 aliphatic carbocycles. The Balaban J connectivity index is 1.06. The van der Waals surface area contributed by atoms with E-state index in [-0.39, 0.29) is 29.5 Å². The standard InChI is InChI=1S/C39H38F3N5O5S/c1-3-4-5-6-31(45-37(49)43-27-13-11-26(12-14-27)39(40,41)42)25-9-17-29(18-10-25)52-30-19-20-32-33(22-30)47(2)35(44-32)23-51-28-15-7-24(8-16-28)21-34-36(48)46-38(50)53-34/h7-20,22,31,34H,3-6,21,23H2,1-2H3,(H2,43,45,49)(H,46,48,50). The molecule has 2 unspecified atom stereocenters. The van der Waals surface area contributed by atoms with E-state index in [4.69, 9.17) is 14.5 Å². The number of urea groups is 1. The van der Waals surface area contributed by atoms with E-state index < -0.39 is 23.0 Å². The molecule has 0 bridgehead atoms. The lowest BCUT2D eigenvalue weighted by molar-refractivity contribution is -0.137.